The fraction of sp³-hybridized carbons (Fsp3) is 0.500. The van der Waals surface area contributed by atoms with Crippen molar-refractivity contribution in [2.45, 2.75) is 63.9 Å². The number of hydrogen-bond acceptors (Lipinski definition) is 6. The van der Waals surface area contributed by atoms with Gasteiger partial charge in [0.15, 0.2) is 0 Å². The first kappa shape index (κ1) is 22.0. The van der Waals surface area contributed by atoms with Crippen LogP contribution in [0.25, 0.3) is 0 Å². The van der Waals surface area contributed by atoms with Crippen LogP contribution in [0.15, 0.2) is 46.7 Å². The molecule has 6 nitrogen and oxygen atoms in total. The number of ether oxygens (including phenoxy) is 2. The first-order valence-electron chi connectivity index (χ1n) is 10.7. The number of thioether (sulfide) groups is 1. The molecule has 2 N–H and O–H groups in total. The van der Waals surface area contributed by atoms with Crippen LogP contribution in [-0.4, -0.2) is 39.8 Å². The van der Waals surface area contributed by atoms with Crippen molar-refractivity contribution < 1.29 is 24.2 Å². The number of hydrogen-bond donors (Lipinski definition) is 2. The molecule has 3 aliphatic rings. The van der Waals surface area contributed by atoms with Crippen molar-refractivity contribution in [2.75, 3.05) is 6.61 Å². The molecule has 0 bridgehead atoms. The number of aliphatic hydroxyl groups excluding tert-OH is 1. The van der Waals surface area contributed by atoms with E-state index in [1.807, 2.05) is 45.0 Å². The Hall–Kier alpha value is -2.25. The number of fused-ring (bicyclic) bond motifs is 1. The normalized spacial score (nSPS) is 30.8. The average molecular weight is 444 g/mol. The van der Waals surface area contributed by atoms with E-state index in [1.54, 1.807) is 0 Å². The molecule has 1 aromatic rings. The third kappa shape index (κ3) is 4.39. The van der Waals surface area contributed by atoms with Crippen molar-refractivity contribution in [2.24, 2.45) is 5.92 Å². The highest BCUT2D eigenvalue weighted by molar-refractivity contribution is 8.15. The predicted octanol–water partition coefficient (Wildman–Crippen LogP) is 4.13. The monoisotopic (exact) mass is 443 g/mol. The molecule has 0 saturated carbocycles. The summed E-state index contributed by atoms with van der Waals surface area (Å²) in [5.41, 5.74) is 3.78. The van der Waals surface area contributed by atoms with Gasteiger partial charge in [-0.05, 0) is 74.4 Å². The van der Waals surface area contributed by atoms with Gasteiger partial charge in [0, 0.05) is 5.92 Å². The fourth-order valence-electron chi connectivity index (χ4n) is 4.35. The fourth-order valence-corrected chi connectivity index (χ4v) is 5.21. The molecular weight excluding hydrogens is 414 g/mol. The Balaban J connectivity index is 1.38. The quantitative estimate of drug-likeness (QED) is 0.712. The Labute approximate surface area is 187 Å². The average Bonchev–Trinajstić information content (AvgIpc) is 3.06. The van der Waals surface area contributed by atoms with Crippen molar-refractivity contribution >= 4 is 22.9 Å². The number of imide groups is 1. The van der Waals surface area contributed by atoms with Crippen molar-refractivity contribution in [3.8, 4) is 5.75 Å². The molecule has 31 heavy (non-hydrogen) atoms. The molecule has 0 spiro atoms. The van der Waals surface area contributed by atoms with Gasteiger partial charge in [0.25, 0.3) is 5.24 Å². The standard InChI is InChI=1S/C24H29NO5S/c1-13-14(2)21-18(15(3)20(13)26)9-10-24(4,30-21)12-29-17-7-5-16(6-8-17)11-19-22(27)25-23(28)31-19/h5-8,13,19-20,26H,9-12H2,1-4H3,(H,25,27,28). The Morgan fingerprint density at radius 1 is 1.23 bits per heavy atom. The number of rotatable bonds is 5. The molecule has 0 radical (unpaired) electrons. The van der Waals surface area contributed by atoms with Crippen LogP contribution in [0, 0.1) is 5.92 Å². The first-order valence-corrected chi connectivity index (χ1v) is 11.6. The maximum Gasteiger partial charge on any atom is 0.286 e. The smallest absolute Gasteiger partial charge is 0.286 e. The molecule has 2 aliphatic heterocycles. The van der Waals surface area contributed by atoms with Gasteiger partial charge >= 0.3 is 0 Å². The third-order valence-electron chi connectivity index (χ3n) is 6.62. The topological polar surface area (TPSA) is 84.9 Å². The maximum atomic E-state index is 11.7. The van der Waals surface area contributed by atoms with Gasteiger partial charge in [-0.15, -0.1) is 0 Å². The van der Waals surface area contributed by atoms with Gasteiger partial charge in [-0.2, -0.15) is 0 Å². The number of nitrogens with one attached hydrogen (secondary N) is 1. The summed E-state index contributed by atoms with van der Waals surface area (Å²) >= 11 is 1.04. The van der Waals surface area contributed by atoms with Crippen molar-refractivity contribution in [3.63, 3.8) is 0 Å². The van der Waals surface area contributed by atoms with E-state index in [0.717, 1.165) is 58.4 Å². The Morgan fingerprint density at radius 3 is 2.58 bits per heavy atom. The van der Waals surface area contributed by atoms with Crippen LogP contribution in [0.4, 0.5) is 4.79 Å². The molecule has 2 heterocycles. The lowest BCUT2D eigenvalue weighted by Gasteiger charge is -2.42. The lowest BCUT2D eigenvalue weighted by molar-refractivity contribution is -0.118. The third-order valence-corrected chi connectivity index (χ3v) is 7.60. The number of aliphatic hydroxyl groups is 1. The molecular formula is C24H29NO5S. The van der Waals surface area contributed by atoms with E-state index in [4.69, 9.17) is 9.47 Å². The zero-order valence-electron chi connectivity index (χ0n) is 18.4. The zero-order chi connectivity index (χ0) is 22.3. The van der Waals surface area contributed by atoms with Crippen LogP contribution in [0.1, 0.15) is 46.1 Å². The summed E-state index contributed by atoms with van der Waals surface area (Å²) in [5, 5.41) is 12.1. The summed E-state index contributed by atoms with van der Waals surface area (Å²) in [5.74, 6) is 1.48. The van der Waals surface area contributed by atoms with Crippen LogP contribution >= 0.6 is 11.8 Å². The number of benzene rings is 1. The highest BCUT2D eigenvalue weighted by Crippen LogP contribution is 2.44. The lowest BCUT2D eigenvalue weighted by atomic mass is 9.78. The summed E-state index contributed by atoms with van der Waals surface area (Å²) in [6.45, 7) is 8.55. The van der Waals surface area contributed by atoms with E-state index in [1.165, 1.54) is 0 Å². The molecule has 1 aliphatic carbocycles. The van der Waals surface area contributed by atoms with E-state index >= 15 is 0 Å². The summed E-state index contributed by atoms with van der Waals surface area (Å²) in [7, 11) is 0. The summed E-state index contributed by atoms with van der Waals surface area (Å²) < 4.78 is 12.5. The molecule has 0 aromatic heterocycles. The molecule has 4 atom stereocenters. The number of allylic oxidation sites excluding steroid dienone is 1. The van der Waals surface area contributed by atoms with E-state index in [0.29, 0.717) is 13.0 Å². The Morgan fingerprint density at radius 2 is 1.94 bits per heavy atom. The largest absolute Gasteiger partial charge is 0.489 e. The maximum absolute atomic E-state index is 11.7. The van der Waals surface area contributed by atoms with Gasteiger partial charge in [-0.25, -0.2) is 0 Å². The SMILES string of the molecule is CC1=C2OC(C)(COc3ccc(CC4SC(=O)NC4=O)cc3)CCC2=C(C)C(O)C1C. The lowest BCUT2D eigenvalue weighted by Crippen LogP contribution is -2.41. The van der Waals surface area contributed by atoms with Gasteiger partial charge in [0.1, 0.15) is 23.7 Å². The molecule has 4 rings (SSSR count). The molecule has 2 fully saturated rings. The summed E-state index contributed by atoms with van der Waals surface area (Å²) in [4.78, 5) is 23.1. The van der Waals surface area contributed by atoms with E-state index in [-0.39, 0.29) is 22.3 Å². The highest BCUT2D eigenvalue weighted by atomic mass is 32.2. The first-order chi connectivity index (χ1) is 14.7. The highest BCUT2D eigenvalue weighted by Gasteiger charge is 2.40. The molecule has 7 heteroatoms. The van der Waals surface area contributed by atoms with Crippen LogP contribution in [0.2, 0.25) is 0 Å². The molecule has 1 aromatic carbocycles. The van der Waals surface area contributed by atoms with Crippen molar-refractivity contribution in [1.82, 2.24) is 5.32 Å². The van der Waals surface area contributed by atoms with Gasteiger partial charge in [-0.3, -0.25) is 14.9 Å². The Kier molecular flexibility index (Phi) is 5.92. The van der Waals surface area contributed by atoms with Crippen LogP contribution in [-0.2, 0) is 16.0 Å². The van der Waals surface area contributed by atoms with E-state index < -0.39 is 11.7 Å². The molecule has 2 amide bonds. The van der Waals surface area contributed by atoms with Crippen LogP contribution in [0.3, 0.4) is 0 Å². The zero-order valence-corrected chi connectivity index (χ0v) is 19.2. The second kappa shape index (κ2) is 8.36. The van der Waals surface area contributed by atoms with Gasteiger partial charge in [-0.1, -0.05) is 30.8 Å². The van der Waals surface area contributed by atoms with E-state index in [2.05, 4.69) is 12.2 Å². The summed E-state index contributed by atoms with van der Waals surface area (Å²) in [6.07, 6.45) is 1.75. The minimum atomic E-state index is -0.444. The van der Waals surface area contributed by atoms with E-state index in [9.17, 15) is 14.7 Å². The minimum absolute atomic E-state index is 0.0463. The van der Waals surface area contributed by atoms with Gasteiger partial charge < -0.3 is 14.6 Å². The molecule has 2 saturated heterocycles. The minimum Gasteiger partial charge on any atom is -0.489 e. The van der Waals surface area contributed by atoms with Gasteiger partial charge in [0.2, 0.25) is 5.91 Å². The van der Waals surface area contributed by atoms with Crippen LogP contribution in [0.5, 0.6) is 5.75 Å². The predicted molar refractivity (Wildman–Crippen MR) is 120 cm³/mol. The summed E-state index contributed by atoms with van der Waals surface area (Å²) in [6, 6.07) is 7.63. The Bertz CT molecular complexity index is 967. The van der Waals surface area contributed by atoms with Crippen LogP contribution < -0.4 is 10.1 Å². The number of carbonyl (C=O) groups is 2. The number of carbonyl (C=O) groups excluding carboxylic acids is 2. The molecule has 166 valence electrons. The van der Waals surface area contributed by atoms with Crippen molar-refractivity contribution in [1.29, 1.82) is 0 Å². The van der Waals surface area contributed by atoms with Gasteiger partial charge in [0.05, 0.1) is 11.4 Å². The second-order valence-corrected chi connectivity index (χ2v) is 10.2. The second-order valence-electron chi connectivity index (χ2n) is 8.98. The van der Waals surface area contributed by atoms with Crippen molar-refractivity contribution in [3.05, 3.63) is 52.3 Å². The number of amides is 2. The molecule has 4 unspecified atom stereocenters.